The molecule has 0 saturated heterocycles. The molecule has 0 radical (unpaired) electrons. The summed E-state index contributed by atoms with van der Waals surface area (Å²) in [5.41, 5.74) is 0.764. The van der Waals surface area contributed by atoms with Gasteiger partial charge in [-0.3, -0.25) is 0 Å². The third kappa shape index (κ3) is 2.60. The minimum atomic E-state index is -0.539. The highest BCUT2D eigenvalue weighted by atomic mass is 16.3. The first-order chi connectivity index (χ1) is 8.78. The summed E-state index contributed by atoms with van der Waals surface area (Å²) in [7, 11) is 0. The van der Waals surface area contributed by atoms with Crippen LogP contribution in [0.25, 0.3) is 0 Å². The van der Waals surface area contributed by atoms with Crippen molar-refractivity contribution in [2.24, 2.45) is 0 Å². The minimum absolute atomic E-state index is 0.304. The van der Waals surface area contributed by atoms with Gasteiger partial charge in [0.05, 0.1) is 5.60 Å². The Morgan fingerprint density at radius 3 is 2.61 bits per heavy atom. The molecule has 2 aliphatic carbocycles. The molecule has 2 fully saturated rings. The first kappa shape index (κ1) is 12.2. The summed E-state index contributed by atoms with van der Waals surface area (Å²) < 4.78 is 0. The third-order valence-corrected chi connectivity index (χ3v) is 4.48. The first-order valence-corrected chi connectivity index (χ1v) is 7.29. The van der Waals surface area contributed by atoms with Gasteiger partial charge < -0.3 is 10.4 Å². The molecule has 3 rings (SSSR count). The van der Waals surface area contributed by atoms with Gasteiger partial charge in [-0.2, -0.15) is 0 Å². The van der Waals surface area contributed by atoms with Crippen molar-refractivity contribution in [2.75, 3.05) is 6.54 Å². The molecule has 1 aromatic rings. The molecule has 2 unspecified atom stereocenters. The van der Waals surface area contributed by atoms with Gasteiger partial charge in [0.1, 0.15) is 0 Å². The fourth-order valence-corrected chi connectivity index (χ4v) is 3.20. The summed E-state index contributed by atoms with van der Waals surface area (Å²) in [6.07, 6.45) is 7.02. The molecule has 18 heavy (non-hydrogen) atoms. The average molecular weight is 245 g/mol. The molecule has 2 N–H and O–H groups in total. The van der Waals surface area contributed by atoms with E-state index < -0.39 is 5.60 Å². The summed E-state index contributed by atoms with van der Waals surface area (Å²) in [6, 6.07) is 11.2. The first-order valence-electron chi connectivity index (χ1n) is 7.29. The molecular weight excluding hydrogens is 222 g/mol. The Hall–Kier alpha value is -0.860. The van der Waals surface area contributed by atoms with Crippen LogP contribution in [0.3, 0.4) is 0 Å². The van der Waals surface area contributed by atoms with Crippen LogP contribution in [0.1, 0.15) is 50.0 Å². The molecule has 0 amide bonds. The quantitative estimate of drug-likeness (QED) is 0.855. The molecule has 0 heterocycles. The maximum atomic E-state index is 11.0. The number of nitrogens with one attached hydrogen (secondary N) is 1. The monoisotopic (exact) mass is 245 g/mol. The molecule has 0 aromatic heterocycles. The Bertz CT molecular complexity index is 387. The van der Waals surface area contributed by atoms with Gasteiger partial charge in [-0.1, -0.05) is 43.2 Å². The topological polar surface area (TPSA) is 32.3 Å². The fourth-order valence-electron chi connectivity index (χ4n) is 3.20. The van der Waals surface area contributed by atoms with Gasteiger partial charge in [-0.15, -0.1) is 0 Å². The van der Waals surface area contributed by atoms with Crippen molar-refractivity contribution < 1.29 is 5.11 Å². The predicted octanol–water partition coefficient (Wildman–Crippen LogP) is 2.83. The molecule has 0 bridgehead atoms. The normalized spacial score (nSPS) is 32.4. The zero-order valence-electron chi connectivity index (χ0n) is 10.9. The Kier molecular flexibility index (Phi) is 3.40. The van der Waals surface area contributed by atoms with E-state index in [0.29, 0.717) is 12.0 Å². The Labute approximate surface area is 109 Å². The zero-order valence-corrected chi connectivity index (χ0v) is 10.9. The average Bonchev–Trinajstić information content (AvgIpc) is 3.22. The van der Waals surface area contributed by atoms with Crippen LogP contribution in [0.2, 0.25) is 0 Å². The van der Waals surface area contributed by atoms with Crippen molar-refractivity contribution in [3.63, 3.8) is 0 Å². The minimum Gasteiger partial charge on any atom is -0.388 e. The van der Waals surface area contributed by atoms with E-state index in [4.69, 9.17) is 0 Å². The van der Waals surface area contributed by atoms with E-state index in [9.17, 15) is 5.11 Å². The SMILES string of the molecule is OC1(CNC2CC2)CCCCC1c1ccccc1. The summed E-state index contributed by atoms with van der Waals surface area (Å²) in [5, 5.41) is 14.5. The van der Waals surface area contributed by atoms with Crippen LogP contribution in [-0.4, -0.2) is 23.3 Å². The van der Waals surface area contributed by atoms with Crippen molar-refractivity contribution in [1.29, 1.82) is 0 Å². The Balaban J connectivity index is 1.75. The highest BCUT2D eigenvalue weighted by molar-refractivity contribution is 5.24. The van der Waals surface area contributed by atoms with Crippen molar-refractivity contribution in [1.82, 2.24) is 5.32 Å². The van der Waals surface area contributed by atoms with Gasteiger partial charge in [-0.05, 0) is 31.2 Å². The van der Waals surface area contributed by atoms with E-state index in [1.54, 1.807) is 0 Å². The Morgan fingerprint density at radius 2 is 1.89 bits per heavy atom. The van der Waals surface area contributed by atoms with Gasteiger partial charge in [-0.25, -0.2) is 0 Å². The number of hydrogen-bond acceptors (Lipinski definition) is 2. The van der Waals surface area contributed by atoms with Gasteiger partial charge >= 0.3 is 0 Å². The highest BCUT2D eigenvalue weighted by Crippen LogP contribution is 2.41. The number of aliphatic hydroxyl groups is 1. The predicted molar refractivity (Wildman–Crippen MR) is 73.6 cm³/mol. The van der Waals surface area contributed by atoms with Crippen LogP contribution in [-0.2, 0) is 0 Å². The van der Waals surface area contributed by atoms with Crippen LogP contribution in [0.15, 0.2) is 30.3 Å². The number of rotatable bonds is 4. The fraction of sp³-hybridized carbons (Fsp3) is 0.625. The molecule has 98 valence electrons. The van der Waals surface area contributed by atoms with Crippen molar-refractivity contribution in [3.05, 3.63) is 35.9 Å². The van der Waals surface area contributed by atoms with Crippen molar-refractivity contribution in [3.8, 4) is 0 Å². The van der Waals surface area contributed by atoms with Gasteiger partial charge in [0.2, 0.25) is 0 Å². The largest absolute Gasteiger partial charge is 0.388 e. The lowest BCUT2D eigenvalue weighted by molar-refractivity contribution is -0.0161. The van der Waals surface area contributed by atoms with Gasteiger partial charge in [0, 0.05) is 18.5 Å². The molecule has 2 atom stereocenters. The summed E-state index contributed by atoms with van der Waals surface area (Å²) in [6.45, 7) is 0.761. The molecule has 0 spiro atoms. The molecule has 2 aliphatic rings. The van der Waals surface area contributed by atoms with Crippen LogP contribution in [0.5, 0.6) is 0 Å². The summed E-state index contributed by atoms with van der Waals surface area (Å²) in [5.74, 6) is 0.304. The lowest BCUT2D eigenvalue weighted by atomic mass is 9.72. The van der Waals surface area contributed by atoms with Crippen LogP contribution in [0, 0.1) is 0 Å². The van der Waals surface area contributed by atoms with E-state index in [2.05, 4.69) is 29.6 Å². The van der Waals surface area contributed by atoms with Crippen LogP contribution >= 0.6 is 0 Å². The summed E-state index contributed by atoms with van der Waals surface area (Å²) >= 11 is 0. The zero-order chi connectivity index (χ0) is 12.4. The second-order valence-electron chi connectivity index (χ2n) is 5.97. The van der Waals surface area contributed by atoms with Crippen molar-refractivity contribution in [2.45, 2.75) is 56.1 Å². The second-order valence-corrected chi connectivity index (χ2v) is 5.97. The molecule has 0 aliphatic heterocycles. The van der Waals surface area contributed by atoms with E-state index in [1.165, 1.54) is 24.8 Å². The third-order valence-electron chi connectivity index (χ3n) is 4.48. The standard InChI is InChI=1S/C16H23NO/c18-16(12-17-14-9-10-14)11-5-4-8-15(16)13-6-2-1-3-7-13/h1-3,6-7,14-15,17-18H,4-5,8-12H2. The highest BCUT2D eigenvalue weighted by Gasteiger charge is 2.40. The molecule has 2 nitrogen and oxygen atoms in total. The lowest BCUT2D eigenvalue weighted by Gasteiger charge is -2.40. The van der Waals surface area contributed by atoms with Crippen LogP contribution < -0.4 is 5.32 Å². The molecular formula is C16H23NO. The summed E-state index contributed by atoms with van der Waals surface area (Å²) in [4.78, 5) is 0. The number of benzene rings is 1. The van der Waals surface area contributed by atoms with Crippen LogP contribution in [0.4, 0.5) is 0 Å². The van der Waals surface area contributed by atoms with E-state index >= 15 is 0 Å². The maximum Gasteiger partial charge on any atom is 0.0839 e. The number of hydrogen-bond donors (Lipinski definition) is 2. The maximum absolute atomic E-state index is 11.0. The van der Waals surface area contributed by atoms with Gasteiger partial charge in [0.15, 0.2) is 0 Å². The Morgan fingerprint density at radius 1 is 1.11 bits per heavy atom. The lowest BCUT2D eigenvalue weighted by Crippen LogP contribution is -2.48. The van der Waals surface area contributed by atoms with Gasteiger partial charge in [0.25, 0.3) is 0 Å². The van der Waals surface area contributed by atoms with E-state index in [1.807, 2.05) is 6.07 Å². The smallest absolute Gasteiger partial charge is 0.0839 e. The van der Waals surface area contributed by atoms with E-state index in [-0.39, 0.29) is 0 Å². The van der Waals surface area contributed by atoms with Crippen molar-refractivity contribution >= 4 is 0 Å². The second kappa shape index (κ2) is 5.02. The molecule has 2 heteroatoms. The van der Waals surface area contributed by atoms with E-state index in [0.717, 1.165) is 25.8 Å². The molecule has 2 saturated carbocycles. The molecule has 1 aromatic carbocycles.